The van der Waals surface area contributed by atoms with Crippen molar-refractivity contribution in [2.45, 2.75) is 27.3 Å². The molecule has 0 aliphatic rings. The van der Waals surface area contributed by atoms with Gasteiger partial charge in [-0.2, -0.15) is 0 Å². The summed E-state index contributed by atoms with van der Waals surface area (Å²) in [6.07, 6.45) is 0. The molecule has 0 unspecified atom stereocenters. The van der Waals surface area contributed by atoms with Crippen molar-refractivity contribution in [3.8, 4) is 0 Å². The third-order valence-corrected chi connectivity index (χ3v) is 4.35. The number of nitrogens with zero attached hydrogens (tertiary/aromatic N) is 1. The van der Waals surface area contributed by atoms with Crippen LogP contribution in [0.5, 0.6) is 0 Å². The van der Waals surface area contributed by atoms with E-state index in [1.54, 1.807) is 6.07 Å². The maximum Gasteiger partial charge on any atom is 0.244 e. The Hall–Kier alpha value is -2.33. The van der Waals surface area contributed by atoms with Gasteiger partial charge in [-0.1, -0.05) is 41.9 Å². The van der Waals surface area contributed by atoms with Crippen LogP contribution < -0.4 is 5.32 Å². The molecule has 0 heterocycles. The van der Waals surface area contributed by atoms with Gasteiger partial charge in [0.1, 0.15) is 6.54 Å². The average Bonchev–Trinajstić information content (AvgIpc) is 2.53. The van der Waals surface area contributed by atoms with E-state index < -0.39 is 0 Å². The number of benzene rings is 2. The molecular weight excluding hydrogens is 324 g/mol. The van der Waals surface area contributed by atoms with Crippen LogP contribution in [0.3, 0.4) is 0 Å². The van der Waals surface area contributed by atoms with Crippen LogP contribution in [0.1, 0.15) is 23.6 Å². The van der Waals surface area contributed by atoms with Gasteiger partial charge in [-0.25, -0.2) is 0 Å². The van der Waals surface area contributed by atoms with E-state index in [0.717, 1.165) is 22.4 Å². The maximum atomic E-state index is 12.3. The van der Waals surface area contributed by atoms with Crippen LogP contribution in [0.25, 0.3) is 0 Å². The number of nitrogens with one attached hydrogen (secondary N) is 1. The van der Waals surface area contributed by atoms with E-state index in [9.17, 15) is 9.59 Å². The fourth-order valence-corrected chi connectivity index (χ4v) is 2.56. The molecule has 2 amide bonds. The summed E-state index contributed by atoms with van der Waals surface area (Å²) in [7, 11) is 0. The topological polar surface area (TPSA) is 49.4 Å². The smallest absolute Gasteiger partial charge is 0.244 e. The molecular formula is C19H21ClN2O2. The number of aryl methyl sites for hydroxylation is 1. The first-order valence-electron chi connectivity index (χ1n) is 7.73. The van der Waals surface area contributed by atoms with Crippen molar-refractivity contribution in [3.05, 3.63) is 64.2 Å². The lowest BCUT2D eigenvalue weighted by Crippen LogP contribution is -2.36. The lowest BCUT2D eigenvalue weighted by Gasteiger charge is -2.21. The van der Waals surface area contributed by atoms with E-state index in [1.807, 2.05) is 50.2 Å². The van der Waals surface area contributed by atoms with Crippen LogP contribution in [-0.4, -0.2) is 23.3 Å². The predicted molar refractivity (Wildman–Crippen MR) is 97.1 cm³/mol. The summed E-state index contributed by atoms with van der Waals surface area (Å²) in [5, 5.41) is 3.45. The Morgan fingerprint density at radius 3 is 2.46 bits per heavy atom. The number of amides is 2. The minimum absolute atomic E-state index is 0.0199. The Labute approximate surface area is 147 Å². The summed E-state index contributed by atoms with van der Waals surface area (Å²) in [6, 6.07) is 13.0. The normalized spacial score (nSPS) is 10.3. The van der Waals surface area contributed by atoms with Crippen molar-refractivity contribution in [3.63, 3.8) is 0 Å². The molecule has 0 aliphatic carbocycles. The number of hydrogen-bond acceptors (Lipinski definition) is 2. The number of rotatable bonds is 5. The Morgan fingerprint density at radius 1 is 1.08 bits per heavy atom. The third kappa shape index (κ3) is 4.59. The van der Waals surface area contributed by atoms with Gasteiger partial charge in [0.05, 0.1) is 0 Å². The van der Waals surface area contributed by atoms with E-state index in [0.29, 0.717) is 11.6 Å². The largest absolute Gasteiger partial charge is 0.329 e. The lowest BCUT2D eigenvalue weighted by atomic mass is 10.1. The fraction of sp³-hybridized carbons (Fsp3) is 0.263. The van der Waals surface area contributed by atoms with Crippen molar-refractivity contribution >= 4 is 29.1 Å². The van der Waals surface area contributed by atoms with Gasteiger partial charge in [0, 0.05) is 24.2 Å². The number of carbonyl (C=O) groups excluding carboxylic acids is 2. The van der Waals surface area contributed by atoms with Gasteiger partial charge in [-0.15, -0.1) is 0 Å². The molecule has 0 saturated carbocycles. The summed E-state index contributed by atoms with van der Waals surface area (Å²) < 4.78 is 0. The second kappa shape index (κ2) is 7.97. The van der Waals surface area contributed by atoms with Crippen LogP contribution in [0.2, 0.25) is 5.02 Å². The first kappa shape index (κ1) is 18.0. The van der Waals surface area contributed by atoms with Crippen molar-refractivity contribution in [1.82, 2.24) is 4.90 Å². The summed E-state index contributed by atoms with van der Waals surface area (Å²) in [5.74, 6) is -0.406. The molecule has 126 valence electrons. The van der Waals surface area contributed by atoms with Gasteiger partial charge in [-0.3, -0.25) is 9.59 Å². The van der Waals surface area contributed by atoms with Gasteiger partial charge >= 0.3 is 0 Å². The molecule has 0 aliphatic heterocycles. The predicted octanol–water partition coefficient (Wildman–Crippen LogP) is 3.94. The molecule has 0 bridgehead atoms. The van der Waals surface area contributed by atoms with Gasteiger partial charge in [0.25, 0.3) is 0 Å². The SMILES string of the molecule is CC(=O)N(CC(=O)Nc1cccc(C)c1C)Cc1ccccc1Cl. The van der Waals surface area contributed by atoms with E-state index >= 15 is 0 Å². The zero-order valence-electron chi connectivity index (χ0n) is 14.1. The van der Waals surface area contributed by atoms with Crippen LogP contribution in [-0.2, 0) is 16.1 Å². The molecule has 0 fully saturated rings. The van der Waals surface area contributed by atoms with Crippen molar-refractivity contribution in [1.29, 1.82) is 0 Å². The average molecular weight is 345 g/mol. The zero-order valence-corrected chi connectivity index (χ0v) is 14.9. The minimum atomic E-state index is -0.231. The van der Waals surface area contributed by atoms with Crippen molar-refractivity contribution in [2.75, 3.05) is 11.9 Å². The van der Waals surface area contributed by atoms with E-state index in [4.69, 9.17) is 11.6 Å². The van der Waals surface area contributed by atoms with Crippen molar-refractivity contribution in [2.24, 2.45) is 0 Å². The summed E-state index contributed by atoms with van der Waals surface area (Å²) in [4.78, 5) is 25.7. The Morgan fingerprint density at radius 2 is 1.79 bits per heavy atom. The maximum absolute atomic E-state index is 12.3. The molecule has 1 N–H and O–H groups in total. The molecule has 5 heteroatoms. The quantitative estimate of drug-likeness (QED) is 0.893. The molecule has 2 aromatic carbocycles. The zero-order chi connectivity index (χ0) is 17.7. The summed E-state index contributed by atoms with van der Waals surface area (Å²) in [6.45, 7) is 5.67. The number of carbonyl (C=O) groups is 2. The Kier molecular flexibility index (Phi) is 5.99. The van der Waals surface area contributed by atoms with Gasteiger partial charge < -0.3 is 10.2 Å². The Balaban J connectivity index is 2.07. The first-order chi connectivity index (χ1) is 11.4. The number of anilines is 1. The molecule has 4 nitrogen and oxygen atoms in total. The second-order valence-electron chi connectivity index (χ2n) is 5.76. The highest BCUT2D eigenvalue weighted by Gasteiger charge is 2.16. The van der Waals surface area contributed by atoms with Crippen LogP contribution >= 0.6 is 11.6 Å². The number of hydrogen-bond donors (Lipinski definition) is 1. The van der Waals surface area contributed by atoms with Crippen LogP contribution in [0, 0.1) is 13.8 Å². The molecule has 0 aromatic heterocycles. The van der Waals surface area contributed by atoms with Gasteiger partial charge in [-0.05, 0) is 42.7 Å². The molecule has 0 atom stereocenters. The van der Waals surface area contributed by atoms with Crippen LogP contribution in [0.15, 0.2) is 42.5 Å². The molecule has 0 spiro atoms. The summed E-state index contributed by atoms with van der Waals surface area (Å²) >= 11 is 6.14. The molecule has 0 radical (unpaired) electrons. The van der Waals surface area contributed by atoms with Gasteiger partial charge in [0.2, 0.25) is 11.8 Å². The highest BCUT2D eigenvalue weighted by molar-refractivity contribution is 6.31. The molecule has 0 saturated heterocycles. The van der Waals surface area contributed by atoms with E-state index in [-0.39, 0.29) is 18.4 Å². The third-order valence-electron chi connectivity index (χ3n) is 3.98. The highest BCUT2D eigenvalue weighted by Crippen LogP contribution is 2.19. The molecule has 2 rings (SSSR count). The molecule has 2 aromatic rings. The molecule has 24 heavy (non-hydrogen) atoms. The second-order valence-corrected chi connectivity index (χ2v) is 6.17. The van der Waals surface area contributed by atoms with Crippen molar-refractivity contribution < 1.29 is 9.59 Å². The van der Waals surface area contributed by atoms with Gasteiger partial charge in [0.15, 0.2) is 0 Å². The minimum Gasteiger partial charge on any atom is -0.329 e. The summed E-state index contributed by atoms with van der Waals surface area (Å²) in [5.41, 5.74) is 3.70. The Bertz CT molecular complexity index is 759. The number of halogens is 1. The van der Waals surface area contributed by atoms with E-state index in [2.05, 4.69) is 5.32 Å². The first-order valence-corrected chi connectivity index (χ1v) is 8.11. The monoisotopic (exact) mass is 344 g/mol. The lowest BCUT2D eigenvalue weighted by molar-refractivity contribution is -0.133. The fourth-order valence-electron chi connectivity index (χ4n) is 2.36. The van der Waals surface area contributed by atoms with Crippen LogP contribution in [0.4, 0.5) is 5.69 Å². The standard InChI is InChI=1S/C19H21ClN2O2/c1-13-7-6-10-18(14(13)2)21-19(24)12-22(15(3)23)11-16-8-4-5-9-17(16)20/h4-10H,11-12H2,1-3H3,(H,21,24). The van der Waals surface area contributed by atoms with E-state index in [1.165, 1.54) is 11.8 Å². The highest BCUT2D eigenvalue weighted by atomic mass is 35.5.